The molecule has 0 spiro atoms. The third kappa shape index (κ3) is 6.30. The van der Waals surface area contributed by atoms with Crippen LogP contribution in [0.1, 0.15) is 42.8 Å². The molecule has 0 radical (unpaired) electrons. The second kappa shape index (κ2) is 12.8. The molecule has 2 N–H and O–H groups in total. The Morgan fingerprint density at radius 3 is 2.83 bits per heavy atom. The molecule has 11 heteroatoms. The first-order chi connectivity index (χ1) is 20.5. The minimum atomic E-state index is -0.962. The predicted octanol–water partition coefficient (Wildman–Crippen LogP) is 6.58. The van der Waals surface area contributed by atoms with Crippen molar-refractivity contribution in [2.24, 2.45) is 15.9 Å². The highest BCUT2D eigenvalue weighted by molar-refractivity contribution is 7.11. The third-order valence-corrected chi connectivity index (χ3v) is 8.73. The van der Waals surface area contributed by atoms with E-state index in [1.165, 1.54) is 23.5 Å². The Kier molecular flexibility index (Phi) is 8.73. The minimum Gasteiger partial charge on any atom is -0.358 e. The summed E-state index contributed by atoms with van der Waals surface area (Å²) >= 11 is 8.17. The monoisotopic (exact) mass is 607 g/mol. The summed E-state index contributed by atoms with van der Waals surface area (Å²) in [7, 11) is 0. The summed E-state index contributed by atoms with van der Waals surface area (Å²) in [6, 6.07) is 9.49. The molecule has 2 unspecified atom stereocenters. The fourth-order valence-electron chi connectivity index (χ4n) is 5.74. The Morgan fingerprint density at radius 2 is 2.07 bits per heavy atom. The van der Waals surface area contributed by atoms with Crippen LogP contribution in [0.3, 0.4) is 0 Å². The molecule has 42 heavy (non-hydrogen) atoms. The standard InChI is InChI=1S/C31H32ClF2N7S/c1-19(33)14-22-6-8-25(39-22)28-26-15-20(9-11-35-18-38-27-4-2-3-10-36-27)17-41(26)30(31-37-12-13-42-31)40-29(28)23-7-5-21(34)16-24(23)32/h2-8,10,12-13,16,19-20,22,29,35H,9,11,14-15,17-18H2,1H3,(H,36,38)/t19?,20-,22?,29-/m0/s1. The van der Waals surface area contributed by atoms with Gasteiger partial charge in [-0.15, -0.1) is 11.3 Å². The maximum Gasteiger partial charge on any atom is 0.165 e. The molecule has 1 fully saturated rings. The molecule has 7 nitrogen and oxygen atoms in total. The maximum atomic E-state index is 14.1. The topological polar surface area (TPSA) is 77.8 Å². The van der Waals surface area contributed by atoms with Gasteiger partial charge in [0.05, 0.1) is 24.6 Å². The van der Waals surface area contributed by atoms with E-state index < -0.39 is 18.0 Å². The lowest BCUT2D eigenvalue weighted by molar-refractivity contribution is 0.333. The van der Waals surface area contributed by atoms with Gasteiger partial charge in [0.25, 0.3) is 0 Å². The second-order valence-electron chi connectivity index (χ2n) is 10.7. The van der Waals surface area contributed by atoms with Crippen LogP contribution in [0.15, 0.2) is 87.6 Å². The molecule has 1 saturated heterocycles. The first-order valence-corrected chi connectivity index (χ1v) is 15.4. The quantitative estimate of drug-likeness (QED) is 0.190. The van der Waals surface area contributed by atoms with Crippen LogP contribution < -0.4 is 10.6 Å². The van der Waals surface area contributed by atoms with E-state index in [0.29, 0.717) is 29.6 Å². The lowest BCUT2D eigenvalue weighted by Crippen LogP contribution is -2.35. The molecule has 0 saturated carbocycles. The number of halogens is 3. The van der Waals surface area contributed by atoms with Crippen LogP contribution in [0.25, 0.3) is 0 Å². The van der Waals surface area contributed by atoms with E-state index in [1.54, 1.807) is 25.4 Å². The van der Waals surface area contributed by atoms with Gasteiger partial charge in [-0.2, -0.15) is 0 Å². The lowest BCUT2D eigenvalue weighted by Gasteiger charge is -2.33. The van der Waals surface area contributed by atoms with E-state index in [9.17, 15) is 8.78 Å². The molecule has 3 aromatic rings. The molecule has 3 aliphatic heterocycles. The first kappa shape index (κ1) is 28.6. The average Bonchev–Trinajstić information content (AvgIpc) is 3.74. The zero-order valence-electron chi connectivity index (χ0n) is 23.2. The smallest absolute Gasteiger partial charge is 0.165 e. The van der Waals surface area contributed by atoms with Crippen LogP contribution in [-0.2, 0) is 0 Å². The molecular formula is C31H32ClF2N7S. The number of nitrogens with one attached hydrogen (secondary N) is 2. The van der Waals surface area contributed by atoms with Crippen molar-refractivity contribution in [2.45, 2.75) is 44.4 Å². The molecule has 0 aliphatic carbocycles. The normalized spacial score (nSPS) is 22.3. The fourth-order valence-corrected chi connectivity index (χ4v) is 6.65. The van der Waals surface area contributed by atoms with Crippen LogP contribution in [0, 0.1) is 11.7 Å². The Labute approximate surface area is 253 Å². The summed E-state index contributed by atoms with van der Waals surface area (Å²) in [4.78, 5) is 21.3. The molecule has 1 aromatic carbocycles. The molecule has 218 valence electrons. The fraction of sp³-hybridized carbons (Fsp3) is 0.355. The number of hydrogen-bond donors (Lipinski definition) is 2. The summed E-state index contributed by atoms with van der Waals surface area (Å²) in [5.74, 6) is 1.58. The van der Waals surface area contributed by atoms with E-state index in [2.05, 4.69) is 25.5 Å². The number of hydrogen-bond acceptors (Lipinski definition) is 8. The van der Waals surface area contributed by atoms with E-state index in [1.807, 2.05) is 35.7 Å². The van der Waals surface area contributed by atoms with Gasteiger partial charge in [0.15, 0.2) is 10.8 Å². The number of fused-ring (bicyclic) bond motifs is 1. The van der Waals surface area contributed by atoms with Gasteiger partial charge < -0.3 is 15.5 Å². The van der Waals surface area contributed by atoms with Gasteiger partial charge in [0.2, 0.25) is 0 Å². The SMILES string of the molecule is CC(F)CC1C=CC(C2=C3C[C@H](CCNCNc4ccccn4)CN3C(c3nccs3)=N[C@H]2c2ccc(F)cc2Cl)=N1. The highest BCUT2D eigenvalue weighted by atomic mass is 35.5. The highest BCUT2D eigenvalue weighted by Gasteiger charge is 2.41. The molecule has 0 bridgehead atoms. The van der Waals surface area contributed by atoms with Gasteiger partial charge in [-0.3, -0.25) is 9.98 Å². The Morgan fingerprint density at radius 1 is 1.17 bits per heavy atom. The summed E-state index contributed by atoms with van der Waals surface area (Å²) < 4.78 is 28.0. The summed E-state index contributed by atoms with van der Waals surface area (Å²) in [6.07, 6.45) is 8.60. The van der Waals surface area contributed by atoms with E-state index in [0.717, 1.165) is 59.6 Å². The van der Waals surface area contributed by atoms with Crippen LogP contribution in [-0.4, -0.2) is 58.4 Å². The van der Waals surface area contributed by atoms with Crippen molar-refractivity contribution >= 4 is 40.3 Å². The number of anilines is 1. The molecular weight excluding hydrogens is 576 g/mol. The van der Waals surface area contributed by atoms with Crippen molar-refractivity contribution in [3.05, 3.63) is 99.0 Å². The van der Waals surface area contributed by atoms with Crippen molar-refractivity contribution in [1.29, 1.82) is 0 Å². The summed E-state index contributed by atoms with van der Waals surface area (Å²) in [6.45, 7) is 3.79. The predicted molar refractivity (Wildman–Crippen MR) is 166 cm³/mol. The van der Waals surface area contributed by atoms with Crippen molar-refractivity contribution in [3.63, 3.8) is 0 Å². The number of nitrogens with zero attached hydrogens (tertiary/aromatic N) is 5. The Hall–Kier alpha value is -3.47. The summed E-state index contributed by atoms with van der Waals surface area (Å²) in [5, 5.41) is 9.82. The number of alkyl halides is 1. The number of thiazole rings is 1. The Bertz CT molecular complexity index is 1520. The number of aliphatic imine (C=N–C) groups is 2. The number of aromatic nitrogens is 2. The van der Waals surface area contributed by atoms with Gasteiger partial charge in [0.1, 0.15) is 17.7 Å². The van der Waals surface area contributed by atoms with Gasteiger partial charge in [0, 0.05) is 52.6 Å². The number of benzene rings is 1. The van der Waals surface area contributed by atoms with E-state index in [-0.39, 0.29) is 6.04 Å². The molecule has 0 amide bonds. The molecule has 4 atom stereocenters. The van der Waals surface area contributed by atoms with Crippen molar-refractivity contribution in [3.8, 4) is 0 Å². The zero-order valence-corrected chi connectivity index (χ0v) is 24.8. The van der Waals surface area contributed by atoms with Crippen LogP contribution >= 0.6 is 22.9 Å². The molecule has 5 heterocycles. The Balaban J connectivity index is 1.30. The van der Waals surface area contributed by atoms with Crippen molar-refractivity contribution < 1.29 is 8.78 Å². The van der Waals surface area contributed by atoms with Gasteiger partial charge in [-0.25, -0.2) is 18.7 Å². The summed E-state index contributed by atoms with van der Waals surface area (Å²) in [5.41, 5.74) is 3.56. The van der Waals surface area contributed by atoms with Gasteiger partial charge >= 0.3 is 0 Å². The minimum absolute atomic E-state index is 0.233. The highest BCUT2D eigenvalue weighted by Crippen LogP contribution is 2.45. The molecule has 3 aliphatic rings. The first-order valence-electron chi connectivity index (χ1n) is 14.2. The maximum absolute atomic E-state index is 14.1. The number of amidine groups is 1. The van der Waals surface area contributed by atoms with Crippen molar-refractivity contribution in [2.75, 3.05) is 25.1 Å². The number of rotatable bonds is 11. The van der Waals surface area contributed by atoms with E-state index in [4.69, 9.17) is 21.6 Å². The van der Waals surface area contributed by atoms with Gasteiger partial charge in [-0.05, 0) is 62.6 Å². The lowest BCUT2D eigenvalue weighted by atomic mass is 9.90. The van der Waals surface area contributed by atoms with Crippen molar-refractivity contribution in [1.82, 2.24) is 20.2 Å². The number of pyridine rings is 1. The third-order valence-electron chi connectivity index (χ3n) is 7.63. The largest absolute Gasteiger partial charge is 0.358 e. The number of allylic oxidation sites excluding steroid dienone is 2. The molecule has 2 aromatic heterocycles. The van der Waals surface area contributed by atoms with Crippen LogP contribution in [0.2, 0.25) is 5.02 Å². The van der Waals surface area contributed by atoms with Crippen LogP contribution in [0.5, 0.6) is 0 Å². The van der Waals surface area contributed by atoms with Gasteiger partial charge in [-0.1, -0.05) is 29.8 Å². The molecule has 6 rings (SSSR count). The van der Waals surface area contributed by atoms with E-state index >= 15 is 0 Å². The average molecular weight is 608 g/mol. The second-order valence-corrected chi connectivity index (χ2v) is 12.0. The zero-order chi connectivity index (χ0) is 29.1. The van der Waals surface area contributed by atoms with Crippen LogP contribution in [0.4, 0.5) is 14.6 Å².